The number of rotatable bonds is 5. The van der Waals surface area contributed by atoms with Gasteiger partial charge >= 0.3 is 0 Å². The predicted molar refractivity (Wildman–Crippen MR) is 117 cm³/mol. The van der Waals surface area contributed by atoms with E-state index in [1.807, 2.05) is 30.3 Å². The van der Waals surface area contributed by atoms with Crippen LogP contribution in [0.2, 0.25) is 0 Å². The van der Waals surface area contributed by atoms with E-state index in [1.54, 1.807) is 55.6 Å². The Labute approximate surface area is 180 Å². The molecule has 0 spiro atoms. The molecule has 1 unspecified atom stereocenters. The average molecular weight is 415 g/mol. The zero-order valence-corrected chi connectivity index (χ0v) is 17.1. The largest absolute Gasteiger partial charge is 0.507 e. The Kier molecular flexibility index (Phi) is 5.45. The van der Waals surface area contributed by atoms with Crippen LogP contribution in [0.5, 0.6) is 11.5 Å². The van der Waals surface area contributed by atoms with Crippen molar-refractivity contribution >= 4 is 23.1 Å². The molecular formula is C25H21NO5. The highest BCUT2D eigenvalue weighted by Crippen LogP contribution is 2.42. The molecule has 156 valence electrons. The fourth-order valence-corrected chi connectivity index (χ4v) is 3.72. The molecule has 0 aliphatic carbocycles. The minimum atomic E-state index is -0.777. The number of Topliss-reactive ketones (excluding diaryl/α,β-unsaturated/α-hetero) is 1. The number of carbonyl (C=O) groups excluding carboxylic acids is 2. The molecule has 1 heterocycles. The van der Waals surface area contributed by atoms with Crippen molar-refractivity contribution in [3.8, 4) is 11.5 Å². The van der Waals surface area contributed by atoms with Crippen molar-refractivity contribution in [2.75, 3.05) is 19.1 Å². The first-order chi connectivity index (χ1) is 15.0. The average Bonchev–Trinajstić information content (AvgIpc) is 3.09. The first kappa shape index (κ1) is 20.2. The van der Waals surface area contributed by atoms with Crippen LogP contribution in [0.25, 0.3) is 5.76 Å². The van der Waals surface area contributed by atoms with Gasteiger partial charge in [0.15, 0.2) is 0 Å². The first-order valence-electron chi connectivity index (χ1n) is 9.69. The lowest BCUT2D eigenvalue weighted by molar-refractivity contribution is -0.132. The van der Waals surface area contributed by atoms with Crippen molar-refractivity contribution in [3.05, 3.63) is 95.6 Å². The van der Waals surface area contributed by atoms with Crippen LogP contribution < -0.4 is 14.4 Å². The number of aliphatic hydroxyl groups excluding tert-OH is 1. The molecule has 1 amide bonds. The Hall–Kier alpha value is -4.06. The molecule has 0 radical (unpaired) electrons. The van der Waals surface area contributed by atoms with E-state index in [0.29, 0.717) is 28.3 Å². The third-order valence-electron chi connectivity index (χ3n) is 5.25. The second-order valence-electron chi connectivity index (χ2n) is 7.01. The second kappa shape index (κ2) is 8.36. The predicted octanol–water partition coefficient (Wildman–Crippen LogP) is 4.33. The van der Waals surface area contributed by atoms with Gasteiger partial charge in [-0.2, -0.15) is 0 Å². The van der Waals surface area contributed by atoms with E-state index >= 15 is 0 Å². The second-order valence-corrected chi connectivity index (χ2v) is 7.01. The fourth-order valence-electron chi connectivity index (χ4n) is 3.72. The molecule has 6 nitrogen and oxygen atoms in total. The maximum atomic E-state index is 13.1. The van der Waals surface area contributed by atoms with Crippen LogP contribution in [-0.2, 0) is 9.59 Å². The summed E-state index contributed by atoms with van der Waals surface area (Å²) >= 11 is 0. The van der Waals surface area contributed by atoms with Gasteiger partial charge < -0.3 is 14.6 Å². The Morgan fingerprint density at radius 2 is 1.52 bits per heavy atom. The normalized spacial score (nSPS) is 17.6. The lowest BCUT2D eigenvalue weighted by atomic mass is 9.95. The van der Waals surface area contributed by atoms with Crippen LogP contribution in [0.3, 0.4) is 0 Å². The van der Waals surface area contributed by atoms with E-state index in [1.165, 1.54) is 12.0 Å². The van der Waals surface area contributed by atoms with E-state index in [2.05, 4.69) is 0 Å². The number of aliphatic hydroxyl groups is 1. The van der Waals surface area contributed by atoms with Gasteiger partial charge in [-0.05, 0) is 42.0 Å². The highest BCUT2D eigenvalue weighted by molar-refractivity contribution is 6.51. The van der Waals surface area contributed by atoms with Gasteiger partial charge in [-0.15, -0.1) is 0 Å². The molecule has 0 aromatic heterocycles. The molecule has 31 heavy (non-hydrogen) atoms. The summed E-state index contributed by atoms with van der Waals surface area (Å²) in [5.74, 6) is -0.534. The first-order valence-corrected chi connectivity index (χ1v) is 9.69. The Morgan fingerprint density at radius 1 is 0.839 bits per heavy atom. The molecule has 1 fully saturated rings. The number of ether oxygens (including phenoxy) is 2. The molecule has 3 aromatic rings. The van der Waals surface area contributed by atoms with Gasteiger partial charge in [-0.25, -0.2) is 0 Å². The maximum absolute atomic E-state index is 13.1. The van der Waals surface area contributed by atoms with Crippen molar-refractivity contribution in [2.45, 2.75) is 6.04 Å². The molecule has 1 saturated heterocycles. The third kappa shape index (κ3) is 3.64. The Morgan fingerprint density at radius 3 is 2.16 bits per heavy atom. The summed E-state index contributed by atoms with van der Waals surface area (Å²) in [5, 5.41) is 11.1. The van der Waals surface area contributed by atoms with Crippen LogP contribution in [0, 0.1) is 0 Å². The van der Waals surface area contributed by atoms with Crippen LogP contribution in [0.1, 0.15) is 17.2 Å². The smallest absolute Gasteiger partial charge is 0.300 e. The van der Waals surface area contributed by atoms with Crippen LogP contribution >= 0.6 is 0 Å². The molecule has 1 aliphatic heterocycles. The van der Waals surface area contributed by atoms with E-state index in [4.69, 9.17) is 9.47 Å². The van der Waals surface area contributed by atoms with Crippen molar-refractivity contribution in [1.82, 2.24) is 0 Å². The Bertz CT molecular complexity index is 1150. The van der Waals surface area contributed by atoms with Gasteiger partial charge in [0.1, 0.15) is 17.3 Å². The molecule has 0 saturated carbocycles. The monoisotopic (exact) mass is 415 g/mol. The van der Waals surface area contributed by atoms with Crippen molar-refractivity contribution in [2.24, 2.45) is 0 Å². The summed E-state index contributed by atoms with van der Waals surface area (Å²) < 4.78 is 10.4. The van der Waals surface area contributed by atoms with Gasteiger partial charge in [0.05, 0.1) is 25.8 Å². The van der Waals surface area contributed by atoms with Gasteiger partial charge in [0.25, 0.3) is 11.7 Å². The molecule has 6 heteroatoms. The molecule has 1 aliphatic rings. The SMILES string of the molecule is COc1ccc(N2C(=O)C(=O)/C(=C(\O)c3cccc(OC)c3)C2c2ccccc2)cc1. The molecule has 3 aromatic carbocycles. The summed E-state index contributed by atoms with van der Waals surface area (Å²) in [5.41, 5.74) is 1.66. The van der Waals surface area contributed by atoms with Crippen molar-refractivity contribution in [3.63, 3.8) is 0 Å². The molecule has 1 N–H and O–H groups in total. The zero-order chi connectivity index (χ0) is 22.0. The molecule has 4 rings (SSSR count). The standard InChI is InChI=1S/C25H21NO5/c1-30-19-13-11-18(12-14-19)26-22(16-7-4-3-5-8-16)21(24(28)25(26)29)23(27)17-9-6-10-20(15-17)31-2/h3-15,22,27H,1-2H3/b23-21-. The van der Waals surface area contributed by atoms with Crippen LogP contribution in [0.15, 0.2) is 84.4 Å². The van der Waals surface area contributed by atoms with E-state index in [0.717, 1.165) is 0 Å². The minimum Gasteiger partial charge on any atom is -0.507 e. The van der Waals surface area contributed by atoms with Gasteiger partial charge in [0, 0.05) is 11.3 Å². The van der Waals surface area contributed by atoms with Crippen LogP contribution in [-0.4, -0.2) is 31.0 Å². The number of hydrogen-bond acceptors (Lipinski definition) is 5. The number of amides is 1. The quantitative estimate of drug-likeness (QED) is 0.381. The summed E-state index contributed by atoms with van der Waals surface area (Å²) in [6.45, 7) is 0. The van der Waals surface area contributed by atoms with Crippen molar-refractivity contribution < 1.29 is 24.2 Å². The Balaban J connectivity index is 1.91. The number of methoxy groups -OCH3 is 2. The fraction of sp³-hybridized carbons (Fsp3) is 0.120. The number of hydrogen-bond donors (Lipinski definition) is 1. The minimum absolute atomic E-state index is 0.0280. The number of benzene rings is 3. The maximum Gasteiger partial charge on any atom is 0.300 e. The summed E-state index contributed by atoms with van der Waals surface area (Å²) in [6.07, 6.45) is 0. The number of nitrogens with zero attached hydrogens (tertiary/aromatic N) is 1. The summed E-state index contributed by atoms with van der Waals surface area (Å²) in [7, 11) is 3.07. The lowest BCUT2D eigenvalue weighted by Crippen LogP contribution is -2.29. The van der Waals surface area contributed by atoms with Gasteiger partial charge in [0.2, 0.25) is 0 Å². The van der Waals surface area contributed by atoms with E-state index in [9.17, 15) is 14.7 Å². The third-order valence-corrected chi connectivity index (χ3v) is 5.25. The zero-order valence-electron chi connectivity index (χ0n) is 17.1. The van der Waals surface area contributed by atoms with E-state index < -0.39 is 17.7 Å². The topological polar surface area (TPSA) is 76.1 Å². The number of ketones is 1. The molecule has 0 bridgehead atoms. The number of anilines is 1. The highest BCUT2D eigenvalue weighted by Gasteiger charge is 2.46. The van der Waals surface area contributed by atoms with Crippen LogP contribution in [0.4, 0.5) is 5.69 Å². The van der Waals surface area contributed by atoms with Gasteiger partial charge in [-0.3, -0.25) is 14.5 Å². The lowest BCUT2D eigenvalue weighted by Gasteiger charge is -2.25. The molecular weight excluding hydrogens is 394 g/mol. The van der Waals surface area contributed by atoms with E-state index in [-0.39, 0.29) is 11.3 Å². The van der Waals surface area contributed by atoms with Gasteiger partial charge in [-0.1, -0.05) is 42.5 Å². The summed E-state index contributed by atoms with van der Waals surface area (Å²) in [4.78, 5) is 27.6. The van der Waals surface area contributed by atoms with Crippen molar-refractivity contribution in [1.29, 1.82) is 0 Å². The highest BCUT2D eigenvalue weighted by atomic mass is 16.5. The number of carbonyl (C=O) groups is 2. The molecule has 1 atom stereocenters. The summed E-state index contributed by atoms with van der Waals surface area (Å²) in [6, 6.07) is 22.0.